The number of hydrogen-bond acceptors (Lipinski definition) is 6. The smallest absolute Gasteiger partial charge is 0.238 e. The molecule has 1 aliphatic heterocycles. The first kappa shape index (κ1) is 25.0. The number of ketones is 2. The van der Waals surface area contributed by atoms with Crippen molar-refractivity contribution in [2.24, 2.45) is 17.8 Å². The van der Waals surface area contributed by atoms with E-state index < -0.39 is 23.7 Å². The van der Waals surface area contributed by atoms with Crippen molar-refractivity contribution < 1.29 is 29.0 Å². The third kappa shape index (κ3) is 3.66. The first-order valence-electron chi connectivity index (χ1n) is 12.1. The second kappa shape index (κ2) is 9.17. The van der Waals surface area contributed by atoms with Gasteiger partial charge in [0.1, 0.15) is 0 Å². The molecule has 1 saturated heterocycles. The number of nitrogens with zero attached hydrogens (tertiary/aromatic N) is 1. The minimum atomic E-state index is -0.658. The summed E-state index contributed by atoms with van der Waals surface area (Å²) in [5.41, 5.74) is 2.73. The number of hydrogen-bond donors (Lipinski definition) is 1. The van der Waals surface area contributed by atoms with E-state index in [4.69, 9.17) is 4.74 Å². The minimum Gasteiger partial charge on any atom is -0.504 e. The summed E-state index contributed by atoms with van der Waals surface area (Å²) in [5, 5.41) is 10.2. The predicted molar refractivity (Wildman–Crippen MR) is 146 cm³/mol. The lowest BCUT2D eigenvalue weighted by Crippen LogP contribution is -2.39. The fourth-order valence-corrected chi connectivity index (χ4v) is 7.02. The van der Waals surface area contributed by atoms with Crippen LogP contribution in [-0.2, 0) is 19.2 Å². The Morgan fingerprint density at radius 3 is 2.42 bits per heavy atom. The monoisotopic (exact) mass is 637 g/mol. The van der Waals surface area contributed by atoms with E-state index in [0.29, 0.717) is 28.8 Å². The van der Waals surface area contributed by atoms with Crippen molar-refractivity contribution >= 4 is 60.9 Å². The fourth-order valence-electron chi connectivity index (χ4n) is 6.30. The van der Waals surface area contributed by atoms with Gasteiger partial charge in [0.25, 0.3) is 0 Å². The number of phenolic OH excluding ortho intramolecular Hbond substituents is 1. The van der Waals surface area contributed by atoms with Crippen LogP contribution in [0.4, 0.5) is 5.69 Å². The maximum atomic E-state index is 13.9. The van der Waals surface area contributed by atoms with Gasteiger partial charge in [-0.05, 0) is 76.7 Å². The normalized spacial score (nSPS) is 26.6. The molecule has 6 rings (SSSR count). The number of imide groups is 1. The number of rotatable bonds is 3. The number of halogens is 2. The van der Waals surface area contributed by atoms with Gasteiger partial charge in [-0.1, -0.05) is 33.6 Å². The van der Waals surface area contributed by atoms with E-state index in [0.717, 1.165) is 10.0 Å². The molecule has 0 radical (unpaired) electrons. The summed E-state index contributed by atoms with van der Waals surface area (Å²) in [4.78, 5) is 55.3. The van der Waals surface area contributed by atoms with Gasteiger partial charge in [-0.25, -0.2) is 0 Å². The van der Waals surface area contributed by atoms with Crippen LogP contribution in [0, 0.1) is 17.8 Å². The molecular formula is C29H21Br2NO6. The zero-order valence-electron chi connectivity index (χ0n) is 20.1. The Balaban J connectivity index is 1.49. The number of carbonyl (C=O) groups excluding carboxylic acids is 4. The number of allylic oxidation sites excluding steroid dienone is 6. The number of aromatic hydroxyl groups is 1. The average Bonchev–Trinajstić information content (AvgIpc) is 3.16. The van der Waals surface area contributed by atoms with Gasteiger partial charge >= 0.3 is 0 Å². The molecule has 4 aliphatic rings. The molecule has 4 atom stereocenters. The van der Waals surface area contributed by atoms with Gasteiger partial charge < -0.3 is 9.84 Å². The van der Waals surface area contributed by atoms with Gasteiger partial charge in [0.05, 0.1) is 29.1 Å². The molecule has 0 spiro atoms. The van der Waals surface area contributed by atoms with Crippen molar-refractivity contribution in [2.45, 2.75) is 18.8 Å². The van der Waals surface area contributed by atoms with Crippen molar-refractivity contribution in [3.05, 3.63) is 85.9 Å². The van der Waals surface area contributed by atoms with E-state index in [9.17, 15) is 24.3 Å². The lowest BCUT2D eigenvalue weighted by atomic mass is 9.59. The van der Waals surface area contributed by atoms with E-state index in [1.54, 1.807) is 36.4 Å². The van der Waals surface area contributed by atoms with Crippen LogP contribution in [0.1, 0.15) is 24.3 Å². The average molecular weight is 639 g/mol. The molecule has 0 aromatic heterocycles. The van der Waals surface area contributed by atoms with Crippen molar-refractivity contribution in [1.82, 2.24) is 0 Å². The molecular weight excluding hydrogens is 618 g/mol. The van der Waals surface area contributed by atoms with Crippen LogP contribution in [0.25, 0.3) is 0 Å². The van der Waals surface area contributed by atoms with E-state index in [1.165, 1.54) is 24.2 Å². The molecule has 9 heteroatoms. The Bertz CT molecular complexity index is 1540. The van der Waals surface area contributed by atoms with Crippen LogP contribution in [0.2, 0.25) is 0 Å². The molecule has 2 aromatic rings. The standard InChI is InChI=1S/C29H21Br2NO6/c1-38-23-10-13(2-9-21(23)33)24-16-7-8-17-25(18(16)11-19-26(24)22(34)12-20(31)27(19)35)29(37)32(28(17)36)15-5-3-14(30)4-6-15/h2-7,9-10,12,17-18,24-25,33H,8,11H2,1H3. The number of phenols is 1. The summed E-state index contributed by atoms with van der Waals surface area (Å²) in [5.74, 6) is -3.21. The second-order valence-corrected chi connectivity index (χ2v) is 11.6. The molecule has 1 heterocycles. The van der Waals surface area contributed by atoms with E-state index in [1.807, 2.05) is 6.08 Å². The number of ether oxygens (including phenoxy) is 1. The highest BCUT2D eigenvalue weighted by atomic mass is 79.9. The maximum absolute atomic E-state index is 13.9. The topological polar surface area (TPSA) is 101 Å². The number of anilines is 1. The lowest BCUT2D eigenvalue weighted by molar-refractivity contribution is -0.123. The van der Waals surface area contributed by atoms with Crippen LogP contribution >= 0.6 is 31.9 Å². The minimum absolute atomic E-state index is 0.0501. The van der Waals surface area contributed by atoms with Gasteiger partial charge in [0, 0.05) is 27.6 Å². The molecule has 0 saturated carbocycles. The van der Waals surface area contributed by atoms with Crippen LogP contribution in [0.5, 0.6) is 11.5 Å². The largest absolute Gasteiger partial charge is 0.504 e. The van der Waals surface area contributed by atoms with Crippen LogP contribution in [0.15, 0.2) is 80.3 Å². The third-order valence-electron chi connectivity index (χ3n) is 7.95. The van der Waals surface area contributed by atoms with Crippen molar-refractivity contribution in [1.29, 1.82) is 0 Å². The molecule has 1 N–H and O–H groups in total. The molecule has 0 bridgehead atoms. The molecule has 2 amide bonds. The molecule has 7 nitrogen and oxygen atoms in total. The van der Waals surface area contributed by atoms with E-state index in [2.05, 4.69) is 31.9 Å². The Morgan fingerprint density at radius 1 is 0.974 bits per heavy atom. The molecule has 3 aliphatic carbocycles. The SMILES string of the molecule is COc1cc(C2C3=CCC4C(=O)N(c5ccc(Br)cc5)C(=O)C4C3CC3=C2C(=O)C=C(Br)C3=O)ccc1O. The highest BCUT2D eigenvalue weighted by molar-refractivity contribution is 9.12. The van der Waals surface area contributed by atoms with E-state index >= 15 is 0 Å². The number of benzene rings is 2. The zero-order valence-corrected chi connectivity index (χ0v) is 23.3. The van der Waals surface area contributed by atoms with Crippen LogP contribution in [-0.4, -0.2) is 35.6 Å². The second-order valence-electron chi connectivity index (χ2n) is 9.81. The first-order valence-corrected chi connectivity index (χ1v) is 13.7. The Hall–Kier alpha value is -3.30. The number of carbonyl (C=O) groups is 4. The summed E-state index contributed by atoms with van der Waals surface area (Å²) in [6, 6.07) is 11.9. The molecule has 4 unspecified atom stereocenters. The summed E-state index contributed by atoms with van der Waals surface area (Å²) in [6.07, 6.45) is 3.79. The van der Waals surface area contributed by atoms with Gasteiger partial charge in [0.2, 0.25) is 11.8 Å². The molecule has 38 heavy (non-hydrogen) atoms. The Labute approximate surface area is 235 Å². The zero-order chi connectivity index (χ0) is 26.9. The fraction of sp³-hybridized carbons (Fsp3) is 0.241. The lowest BCUT2D eigenvalue weighted by Gasteiger charge is -2.42. The highest BCUT2D eigenvalue weighted by Gasteiger charge is 2.56. The van der Waals surface area contributed by atoms with Crippen molar-refractivity contribution in [3.8, 4) is 11.5 Å². The Kier molecular flexibility index (Phi) is 6.03. The maximum Gasteiger partial charge on any atom is 0.238 e. The molecule has 192 valence electrons. The Morgan fingerprint density at radius 2 is 1.71 bits per heavy atom. The van der Waals surface area contributed by atoms with Gasteiger partial charge in [-0.3, -0.25) is 24.1 Å². The molecule has 2 aromatic carbocycles. The highest BCUT2D eigenvalue weighted by Crippen LogP contribution is 2.56. The van der Waals surface area contributed by atoms with Crippen molar-refractivity contribution in [2.75, 3.05) is 12.0 Å². The van der Waals surface area contributed by atoms with Crippen LogP contribution in [0.3, 0.4) is 0 Å². The van der Waals surface area contributed by atoms with Gasteiger partial charge in [0.15, 0.2) is 23.1 Å². The molecule has 1 fully saturated rings. The summed E-state index contributed by atoms with van der Waals surface area (Å²) in [6.45, 7) is 0. The number of methoxy groups -OCH3 is 1. The van der Waals surface area contributed by atoms with Crippen LogP contribution < -0.4 is 9.64 Å². The first-order chi connectivity index (χ1) is 18.2. The number of amides is 2. The van der Waals surface area contributed by atoms with E-state index in [-0.39, 0.29) is 45.8 Å². The van der Waals surface area contributed by atoms with Gasteiger partial charge in [-0.15, -0.1) is 0 Å². The van der Waals surface area contributed by atoms with Crippen molar-refractivity contribution in [3.63, 3.8) is 0 Å². The number of Topliss-reactive ketones (excluding diaryl/α,β-unsaturated/α-hetero) is 1. The predicted octanol–water partition coefficient (Wildman–Crippen LogP) is 5.13. The summed E-state index contributed by atoms with van der Waals surface area (Å²) >= 11 is 6.62. The number of fused-ring (bicyclic) bond motifs is 3. The third-order valence-corrected chi connectivity index (χ3v) is 9.07. The summed E-state index contributed by atoms with van der Waals surface area (Å²) in [7, 11) is 1.44. The summed E-state index contributed by atoms with van der Waals surface area (Å²) < 4.78 is 6.33. The quantitative estimate of drug-likeness (QED) is 0.284. The van der Waals surface area contributed by atoms with Gasteiger partial charge in [-0.2, -0.15) is 0 Å².